The van der Waals surface area contributed by atoms with Crippen LogP contribution in [-0.2, 0) is 0 Å². The molecule has 0 bridgehead atoms. The van der Waals surface area contributed by atoms with Crippen molar-refractivity contribution in [2.75, 3.05) is 33.3 Å². The number of amides is 1. The number of hydrogen-bond acceptors (Lipinski definition) is 5. The van der Waals surface area contributed by atoms with Gasteiger partial charge in [-0.25, -0.2) is 4.98 Å². The lowest BCUT2D eigenvalue weighted by Crippen LogP contribution is -2.40. The standard InChI is InChI=1S/C27H32N4O2S/c1-18-13-19(2)16-30(15-18)12-4-11-28-26(32)21-7-10-24-25(14-21)34-27-29-23(17-31(24)27)20-5-8-22(33-3)9-6-20/h5-10,14,17-19H,4,11-13,15-16H2,1-3H3,(H,28,32)/t18-,19+. The number of thiazole rings is 1. The zero-order valence-electron chi connectivity index (χ0n) is 20.1. The summed E-state index contributed by atoms with van der Waals surface area (Å²) in [5, 5.41) is 3.10. The van der Waals surface area contributed by atoms with Crippen molar-refractivity contribution in [3.05, 3.63) is 54.2 Å². The summed E-state index contributed by atoms with van der Waals surface area (Å²) in [7, 11) is 1.67. The summed E-state index contributed by atoms with van der Waals surface area (Å²) in [6.45, 7) is 8.77. The molecule has 3 heterocycles. The van der Waals surface area contributed by atoms with Crippen molar-refractivity contribution in [3.8, 4) is 17.0 Å². The number of benzene rings is 2. The van der Waals surface area contributed by atoms with Gasteiger partial charge >= 0.3 is 0 Å². The third-order valence-corrected chi connectivity index (χ3v) is 7.64. The van der Waals surface area contributed by atoms with Crippen LogP contribution in [0, 0.1) is 11.8 Å². The molecular weight excluding hydrogens is 444 g/mol. The van der Waals surface area contributed by atoms with Crippen LogP contribution in [-0.4, -0.2) is 53.5 Å². The molecule has 1 aliphatic heterocycles. The number of aromatic nitrogens is 2. The highest BCUT2D eigenvalue weighted by Crippen LogP contribution is 2.30. The molecule has 0 aliphatic carbocycles. The molecular formula is C27H32N4O2S. The molecule has 2 atom stereocenters. The van der Waals surface area contributed by atoms with Gasteiger partial charge in [-0.1, -0.05) is 25.2 Å². The van der Waals surface area contributed by atoms with Crippen molar-refractivity contribution in [1.29, 1.82) is 0 Å². The van der Waals surface area contributed by atoms with E-state index in [1.165, 1.54) is 19.5 Å². The highest BCUT2D eigenvalue weighted by Gasteiger charge is 2.21. The number of likely N-dealkylation sites (tertiary alicyclic amines) is 1. The molecule has 0 saturated carbocycles. The number of fused-ring (bicyclic) bond motifs is 3. The number of nitrogens with one attached hydrogen (secondary N) is 1. The van der Waals surface area contributed by atoms with Gasteiger partial charge in [0.25, 0.3) is 5.91 Å². The second-order valence-electron chi connectivity index (χ2n) is 9.61. The number of piperidine rings is 1. The number of imidazole rings is 1. The van der Waals surface area contributed by atoms with Gasteiger partial charge in [-0.05, 0) is 73.7 Å². The average molecular weight is 477 g/mol. The summed E-state index contributed by atoms with van der Waals surface area (Å²) in [6.07, 6.45) is 4.36. The summed E-state index contributed by atoms with van der Waals surface area (Å²) < 4.78 is 8.41. The third-order valence-electron chi connectivity index (χ3n) is 6.62. The first-order valence-electron chi connectivity index (χ1n) is 12.1. The van der Waals surface area contributed by atoms with Crippen molar-refractivity contribution in [3.63, 3.8) is 0 Å². The molecule has 5 rings (SSSR count). The van der Waals surface area contributed by atoms with E-state index in [2.05, 4.69) is 34.7 Å². The molecule has 1 saturated heterocycles. The second kappa shape index (κ2) is 9.76. The van der Waals surface area contributed by atoms with E-state index in [0.717, 1.165) is 57.0 Å². The van der Waals surface area contributed by atoms with Crippen molar-refractivity contribution in [2.45, 2.75) is 26.7 Å². The van der Waals surface area contributed by atoms with Gasteiger partial charge in [0, 0.05) is 37.0 Å². The topological polar surface area (TPSA) is 58.9 Å². The van der Waals surface area contributed by atoms with Crippen LogP contribution in [0.5, 0.6) is 5.75 Å². The lowest BCUT2D eigenvalue weighted by atomic mass is 9.92. The minimum absolute atomic E-state index is 0.00718. The smallest absolute Gasteiger partial charge is 0.251 e. The molecule has 178 valence electrons. The van der Waals surface area contributed by atoms with E-state index in [1.807, 2.05) is 42.5 Å². The Labute approximate surface area is 204 Å². The van der Waals surface area contributed by atoms with Crippen molar-refractivity contribution in [2.24, 2.45) is 11.8 Å². The fourth-order valence-electron chi connectivity index (χ4n) is 5.12. The van der Waals surface area contributed by atoms with E-state index < -0.39 is 0 Å². The van der Waals surface area contributed by atoms with Crippen LogP contribution in [0.25, 0.3) is 26.4 Å². The molecule has 1 fully saturated rings. The zero-order chi connectivity index (χ0) is 23.7. The Morgan fingerprint density at radius 3 is 2.65 bits per heavy atom. The van der Waals surface area contributed by atoms with Gasteiger partial charge in [0.1, 0.15) is 5.75 Å². The number of ether oxygens (including phenoxy) is 1. The zero-order valence-corrected chi connectivity index (χ0v) is 20.9. The second-order valence-corrected chi connectivity index (χ2v) is 10.6. The fourth-order valence-corrected chi connectivity index (χ4v) is 6.17. The quantitative estimate of drug-likeness (QED) is 0.367. The van der Waals surface area contributed by atoms with Crippen LogP contribution in [0.4, 0.5) is 0 Å². The van der Waals surface area contributed by atoms with Crippen molar-refractivity contribution in [1.82, 2.24) is 19.6 Å². The molecule has 4 aromatic rings. The van der Waals surface area contributed by atoms with Crippen LogP contribution in [0.2, 0.25) is 0 Å². The maximum Gasteiger partial charge on any atom is 0.251 e. The highest BCUT2D eigenvalue weighted by atomic mass is 32.1. The minimum Gasteiger partial charge on any atom is -0.497 e. The number of hydrogen-bond donors (Lipinski definition) is 1. The van der Waals surface area contributed by atoms with E-state index >= 15 is 0 Å². The van der Waals surface area contributed by atoms with Gasteiger partial charge in [0.05, 0.1) is 23.0 Å². The SMILES string of the molecule is COc1ccc(-c2cn3c(n2)sc2cc(C(=O)NCCCN4C[C@H](C)C[C@H](C)C4)ccc23)cc1. The maximum atomic E-state index is 12.7. The monoisotopic (exact) mass is 476 g/mol. The average Bonchev–Trinajstić information content (AvgIpc) is 3.39. The van der Waals surface area contributed by atoms with Gasteiger partial charge in [-0.15, -0.1) is 0 Å². The van der Waals surface area contributed by atoms with Gasteiger partial charge < -0.3 is 15.0 Å². The highest BCUT2D eigenvalue weighted by molar-refractivity contribution is 7.23. The summed E-state index contributed by atoms with van der Waals surface area (Å²) in [6, 6.07) is 13.8. The number of rotatable bonds is 7. The molecule has 2 aromatic carbocycles. The van der Waals surface area contributed by atoms with E-state index in [1.54, 1.807) is 18.4 Å². The molecule has 1 amide bonds. The van der Waals surface area contributed by atoms with Gasteiger partial charge in [0.15, 0.2) is 4.96 Å². The molecule has 0 spiro atoms. The Kier molecular flexibility index (Phi) is 6.57. The summed E-state index contributed by atoms with van der Waals surface area (Å²) >= 11 is 1.60. The lowest BCUT2D eigenvalue weighted by molar-refractivity contribution is 0.0947. The molecule has 7 heteroatoms. The van der Waals surface area contributed by atoms with E-state index in [4.69, 9.17) is 9.72 Å². The Morgan fingerprint density at radius 2 is 1.91 bits per heavy atom. The lowest BCUT2D eigenvalue weighted by Gasteiger charge is -2.34. The normalized spacial score (nSPS) is 19.0. The largest absolute Gasteiger partial charge is 0.497 e. The molecule has 2 aromatic heterocycles. The maximum absolute atomic E-state index is 12.7. The number of carbonyl (C=O) groups excluding carboxylic acids is 1. The van der Waals surface area contributed by atoms with Crippen LogP contribution in [0.3, 0.4) is 0 Å². The van der Waals surface area contributed by atoms with E-state index in [9.17, 15) is 4.79 Å². The molecule has 34 heavy (non-hydrogen) atoms. The Balaban J connectivity index is 1.22. The van der Waals surface area contributed by atoms with Gasteiger partial charge in [0.2, 0.25) is 0 Å². The molecule has 0 radical (unpaired) electrons. The summed E-state index contributed by atoms with van der Waals surface area (Å²) in [5.41, 5.74) is 3.74. The van der Waals surface area contributed by atoms with Crippen molar-refractivity contribution >= 4 is 32.4 Å². The molecule has 0 unspecified atom stereocenters. The molecule has 1 aliphatic rings. The fraction of sp³-hybridized carbons (Fsp3) is 0.407. The van der Waals surface area contributed by atoms with Crippen LogP contribution in [0.1, 0.15) is 37.0 Å². The van der Waals surface area contributed by atoms with Crippen LogP contribution < -0.4 is 10.1 Å². The van der Waals surface area contributed by atoms with Crippen molar-refractivity contribution < 1.29 is 9.53 Å². The summed E-state index contributed by atoms with van der Waals surface area (Å²) in [5.74, 6) is 2.36. The first-order chi connectivity index (χ1) is 16.5. The van der Waals surface area contributed by atoms with E-state index in [-0.39, 0.29) is 5.91 Å². The first kappa shape index (κ1) is 22.9. The summed E-state index contributed by atoms with van der Waals surface area (Å²) in [4.78, 5) is 21.0. The number of methoxy groups -OCH3 is 1. The third kappa shape index (κ3) is 4.81. The predicted molar refractivity (Wildman–Crippen MR) is 139 cm³/mol. The number of carbonyl (C=O) groups is 1. The molecule has 1 N–H and O–H groups in total. The molecule has 6 nitrogen and oxygen atoms in total. The van der Waals surface area contributed by atoms with Gasteiger partial charge in [-0.3, -0.25) is 9.20 Å². The first-order valence-corrected chi connectivity index (χ1v) is 12.9. The Bertz CT molecular complexity index is 1280. The minimum atomic E-state index is -0.00718. The predicted octanol–water partition coefficient (Wildman–Crippen LogP) is 5.32. The van der Waals surface area contributed by atoms with Crippen LogP contribution in [0.15, 0.2) is 48.7 Å². The van der Waals surface area contributed by atoms with Crippen LogP contribution >= 0.6 is 11.3 Å². The van der Waals surface area contributed by atoms with E-state index in [0.29, 0.717) is 12.1 Å². The Morgan fingerprint density at radius 1 is 1.15 bits per heavy atom. The number of nitrogens with zero attached hydrogens (tertiary/aromatic N) is 3. The van der Waals surface area contributed by atoms with Gasteiger partial charge in [-0.2, -0.15) is 0 Å². The Hall–Kier alpha value is -2.90.